The normalized spacial score (nSPS) is 14.8. The lowest BCUT2D eigenvalue weighted by Crippen LogP contribution is -2.43. The molecule has 0 saturated carbocycles. The zero-order chi connectivity index (χ0) is 20.2. The predicted octanol–water partition coefficient (Wildman–Crippen LogP) is 3.34. The number of anilines is 2. The van der Waals surface area contributed by atoms with E-state index in [4.69, 9.17) is 10.5 Å². The molecule has 7 heteroatoms. The molecule has 1 aliphatic heterocycles. The van der Waals surface area contributed by atoms with Crippen molar-refractivity contribution in [2.24, 2.45) is 5.73 Å². The van der Waals surface area contributed by atoms with Crippen LogP contribution in [0.25, 0.3) is 10.8 Å². The van der Waals surface area contributed by atoms with Crippen molar-refractivity contribution in [3.05, 3.63) is 54.2 Å². The van der Waals surface area contributed by atoms with Gasteiger partial charge in [0.15, 0.2) is 11.5 Å². The molecule has 7 nitrogen and oxygen atoms in total. The fourth-order valence-corrected chi connectivity index (χ4v) is 3.58. The Balaban J connectivity index is 1.52. The van der Waals surface area contributed by atoms with Crippen LogP contribution in [0.4, 0.5) is 11.5 Å². The first-order chi connectivity index (χ1) is 14.2. The molecule has 4 rings (SSSR count). The summed E-state index contributed by atoms with van der Waals surface area (Å²) < 4.78 is 5.72. The van der Waals surface area contributed by atoms with Gasteiger partial charge in [-0.1, -0.05) is 24.3 Å². The Bertz CT molecular complexity index is 998. The van der Waals surface area contributed by atoms with Crippen LogP contribution >= 0.6 is 0 Å². The highest BCUT2D eigenvalue weighted by Crippen LogP contribution is 2.32. The average molecular weight is 391 g/mol. The lowest BCUT2D eigenvalue weighted by Gasteiger charge is -2.29. The minimum atomic E-state index is -0.0949. The van der Waals surface area contributed by atoms with Crippen molar-refractivity contribution in [2.75, 3.05) is 25.0 Å². The molecule has 29 heavy (non-hydrogen) atoms. The molecule has 2 aromatic carbocycles. The summed E-state index contributed by atoms with van der Waals surface area (Å²) in [5.41, 5.74) is 7.17. The van der Waals surface area contributed by atoms with Gasteiger partial charge in [0, 0.05) is 35.6 Å². The number of nitrogens with one attached hydrogen (secondary N) is 1. The van der Waals surface area contributed by atoms with E-state index in [1.54, 1.807) is 17.0 Å². The lowest BCUT2D eigenvalue weighted by atomic mass is 10.1. The van der Waals surface area contributed by atoms with Crippen LogP contribution in [0.15, 0.2) is 48.5 Å². The van der Waals surface area contributed by atoms with Crippen molar-refractivity contribution in [2.45, 2.75) is 25.8 Å². The Labute approximate surface area is 169 Å². The maximum absolute atomic E-state index is 12.6. The summed E-state index contributed by atoms with van der Waals surface area (Å²) >= 11 is 0. The number of carbonyl (C=O) groups is 1. The summed E-state index contributed by atoms with van der Waals surface area (Å²) in [5, 5.41) is 13.7. The number of nitrogens with two attached hydrogens (primary N) is 1. The number of fused-ring (bicyclic) bond motifs is 1. The maximum Gasteiger partial charge on any atom is 0.274 e. The summed E-state index contributed by atoms with van der Waals surface area (Å²) in [4.78, 5) is 14.4. The van der Waals surface area contributed by atoms with Gasteiger partial charge in [-0.05, 0) is 44.0 Å². The summed E-state index contributed by atoms with van der Waals surface area (Å²) in [5.74, 6) is 1.33. The molecular formula is C22H25N5O2. The van der Waals surface area contributed by atoms with Gasteiger partial charge in [0.25, 0.3) is 5.91 Å². The number of hydrogen-bond acceptors (Lipinski definition) is 6. The number of likely N-dealkylation sites (tertiary alicyclic amines) is 1. The van der Waals surface area contributed by atoms with Crippen molar-refractivity contribution in [3.63, 3.8) is 0 Å². The first-order valence-electron chi connectivity index (χ1n) is 9.96. The molecule has 3 N–H and O–H groups in total. The van der Waals surface area contributed by atoms with E-state index in [1.807, 2.05) is 43.3 Å². The SMILES string of the molecule is CCOc1ccc(Nc2ccc(C(=O)N3CCC(N)CC3)nn2)c2ccccc12. The third kappa shape index (κ3) is 4.14. The summed E-state index contributed by atoms with van der Waals surface area (Å²) in [7, 11) is 0. The van der Waals surface area contributed by atoms with E-state index < -0.39 is 0 Å². The molecule has 1 amide bonds. The number of aromatic nitrogens is 2. The van der Waals surface area contributed by atoms with Crippen molar-refractivity contribution < 1.29 is 9.53 Å². The monoisotopic (exact) mass is 391 g/mol. The molecule has 0 radical (unpaired) electrons. The molecule has 0 atom stereocenters. The lowest BCUT2D eigenvalue weighted by molar-refractivity contribution is 0.0707. The van der Waals surface area contributed by atoms with Gasteiger partial charge in [-0.3, -0.25) is 4.79 Å². The van der Waals surface area contributed by atoms with Crippen molar-refractivity contribution in [1.82, 2.24) is 15.1 Å². The van der Waals surface area contributed by atoms with Crippen LogP contribution in [0.3, 0.4) is 0 Å². The van der Waals surface area contributed by atoms with E-state index in [9.17, 15) is 4.79 Å². The molecule has 1 fully saturated rings. The van der Waals surface area contributed by atoms with Crippen molar-refractivity contribution in [3.8, 4) is 5.75 Å². The highest BCUT2D eigenvalue weighted by Gasteiger charge is 2.22. The van der Waals surface area contributed by atoms with Crippen LogP contribution in [0.5, 0.6) is 5.75 Å². The Morgan fingerprint density at radius 3 is 2.55 bits per heavy atom. The molecule has 150 valence electrons. The molecule has 1 saturated heterocycles. The Morgan fingerprint density at radius 2 is 1.86 bits per heavy atom. The van der Waals surface area contributed by atoms with E-state index in [1.165, 1.54) is 0 Å². The summed E-state index contributed by atoms with van der Waals surface area (Å²) in [6, 6.07) is 15.6. The second-order valence-electron chi connectivity index (χ2n) is 7.15. The first-order valence-corrected chi connectivity index (χ1v) is 9.96. The Morgan fingerprint density at radius 1 is 1.10 bits per heavy atom. The number of piperidine rings is 1. The van der Waals surface area contributed by atoms with Crippen LogP contribution in [-0.4, -0.2) is 46.7 Å². The molecule has 3 aromatic rings. The number of amides is 1. The van der Waals surface area contributed by atoms with E-state index in [-0.39, 0.29) is 11.9 Å². The van der Waals surface area contributed by atoms with Crippen LogP contribution in [-0.2, 0) is 0 Å². The minimum absolute atomic E-state index is 0.0949. The second-order valence-corrected chi connectivity index (χ2v) is 7.15. The highest BCUT2D eigenvalue weighted by molar-refractivity contribution is 5.99. The summed E-state index contributed by atoms with van der Waals surface area (Å²) in [6.07, 6.45) is 1.65. The van der Waals surface area contributed by atoms with Gasteiger partial charge in [0.2, 0.25) is 0 Å². The average Bonchev–Trinajstić information content (AvgIpc) is 2.76. The number of hydrogen-bond donors (Lipinski definition) is 2. The topological polar surface area (TPSA) is 93.4 Å². The smallest absolute Gasteiger partial charge is 0.274 e. The number of nitrogens with zero attached hydrogens (tertiary/aromatic N) is 3. The Kier molecular flexibility index (Phi) is 5.57. The van der Waals surface area contributed by atoms with Gasteiger partial charge in [-0.25, -0.2) is 0 Å². The van der Waals surface area contributed by atoms with Crippen molar-refractivity contribution in [1.29, 1.82) is 0 Å². The zero-order valence-corrected chi connectivity index (χ0v) is 16.5. The number of ether oxygens (including phenoxy) is 1. The molecule has 0 spiro atoms. The zero-order valence-electron chi connectivity index (χ0n) is 16.5. The summed E-state index contributed by atoms with van der Waals surface area (Å²) in [6.45, 7) is 3.91. The third-order valence-electron chi connectivity index (χ3n) is 5.16. The van der Waals surface area contributed by atoms with E-state index in [0.29, 0.717) is 31.2 Å². The van der Waals surface area contributed by atoms with Gasteiger partial charge in [-0.2, -0.15) is 0 Å². The largest absolute Gasteiger partial charge is 0.493 e. The van der Waals surface area contributed by atoms with E-state index in [0.717, 1.165) is 35.1 Å². The number of benzene rings is 2. The first kappa shape index (κ1) is 19.1. The molecule has 2 heterocycles. The van der Waals surface area contributed by atoms with Gasteiger partial charge in [0.1, 0.15) is 5.75 Å². The van der Waals surface area contributed by atoms with E-state index in [2.05, 4.69) is 15.5 Å². The molecule has 0 bridgehead atoms. The van der Waals surface area contributed by atoms with Gasteiger partial charge >= 0.3 is 0 Å². The molecule has 0 aliphatic carbocycles. The van der Waals surface area contributed by atoms with Gasteiger partial charge < -0.3 is 20.7 Å². The molecular weight excluding hydrogens is 366 g/mol. The molecule has 1 aromatic heterocycles. The third-order valence-corrected chi connectivity index (χ3v) is 5.16. The van der Waals surface area contributed by atoms with Gasteiger partial charge in [-0.15, -0.1) is 10.2 Å². The fraction of sp³-hybridized carbons (Fsp3) is 0.318. The van der Waals surface area contributed by atoms with Crippen LogP contribution in [0.1, 0.15) is 30.3 Å². The maximum atomic E-state index is 12.6. The highest BCUT2D eigenvalue weighted by atomic mass is 16.5. The predicted molar refractivity (Wildman–Crippen MR) is 114 cm³/mol. The van der Waals surface area contributed by atoms with E-state index >= 15 is 0 Å². The van der Waals surface area contributed by atoms with Crippen LogP contribution in [0.2, 0.25) is 0 Å². The molecule has 0 unspecified atom stereocenters. The minimum Gasteiger partial charge on any atom is -0.493 e. The number of rotatable bonds is 5. The quantitative estimate of drug-likeness (QED) is 0.693. The Hall–Kier alpha value is -3.19. The second kappa shape index (κ2) is 8.45. The van der Waals surface area contributed by atoms with Crippen molar-refractivity contribution >= 4 is 28.2 Å². The van der Waals surface area contributed by atoms with Crippen LogP contribution in [0, 0.1) is 0 Å². The fourth-order valence-electron chi connectivity index (χ4n) is 3.58. The van der Waals surface area contributed by atoms with Gasteiger partial charge in [0.05, 0.1) is 6.61 Å². The van der Waals surface area contributed by atoms with Crippen LogP contribution < -0.4 is 15.8 Å². The number of carbonyl (C=O) groups excluding carboxylic acids is 1. The molecule has 1 aliphatic rings. The standard InChI is InChI=1S/C22H25N5O2/c1-2-29-20-9-7-18(16-5-3-4-6-17(16)20)24-21-10-8-19(25-26-21)22(28)27-13-11-15(23)12-14-27/h3-10,15H,2,11-14,23H2,1H3,(H,24,26).